The molecule has 8 heteroatoms. The number of benzene rings is 1. The number of carbonyl (C=O) groups excluding carboxylic acids is 1. The van der Waals surface area contributed by atoms with E-state index in [1.54, 1.807) is 18.4 Å². The maximum atomic E-state index is 11.9. The highest BCUT2D eigenvalue weighted by atomic mass is 35.5. The van der Waals surface area contributed by atoms with Crippen LogP contribution in [-0.2, 0) is 4.79 Å². The molecule has 0 aliphatic rings. The molecule has 0 aliphatic carbocycles. The highest BCUT2D eigenvalue weighted by Crippen LogP contribution is 2.27. The Morgan fingerprint density at radius 1 is 1.45 bits per heavy atom. The molecule has 0 unspecified atom stereocenters. The number of nitrogens with one attached hydrogen (secondary N) is 2. The van der Waals surface area contributed by atoms with E-state index in [-0.39, 0.29) is 29.0 Å². The molecule has 0 aliphatic heterocycles. The van der Waals surface area contributed by atoms with Crippen molar-refractivity contribution in [3.05, 3.63) is 57.5 Å². The fourth-order valence-electron chi connectivity index (χ4n) is 1.84. The van der Waals surface area contributed by atoms with Crippen molar-refractivity contribution >= 4 is 28.9 Å². The topological polar surface area (TPSA) is 97.4 Å². The fraction of sp³-hybridized carbons (Fsp3) is 0.214. The Morgan fingerprint density at radius 2 is 2.23 bits per heavy atom. The number of hydrogen-bond acceptors (Lipinski definition) is 5. The van der Waals surface area contributed by atoms with Crippen LogP contribution in [0.5, 0.6) is 0 Å². The summed E-state index contributed by atoms with van der Waals surface area (Å²) in [4.78, 5) is 22.2. The molecule has 1 aromatic heterocycles. The maximum Gasteiger partial charge on any atom is 0.294 e. The van der Waals surface area contributed by atoms with E-state index < -0.39 is 10.8 Å². The van der Waals surface area contributed by atoms with Crippen molar-refractivity contribution in [1.29, 1.82) is 0 Å². The van der Waals surface area contributed by atoms with E-state index in [0.29, 0.717) is 5.76 Å². The quantitative estimate of drug-likeness (QED) is 0.628. The van der Waals surface area contributed by atoms with Crippen molar-refractivity contribution in [2.24, 2.45) is 0 Å². The number of anilines is 1. The van der Waals surface area contributed by atoms with Gasteiger partial charge in [-0.25, -0.2) is 0 Å². The number of nitro groups is 1. The van der Waals surface area contributed by atoms with E-state index in [2.05, 4.69) is 10.6 Å². The SMILES string of the molecule is C[C@@H](NCC(=O)Nc1ccc(Cl)cc1[N+](=O)[O-])c1ccco1. The Morgan fingerprint density at radius 3 is 2.86 bits per heavy atom. The van der Waals surface area contributed by atoms with Gasteiger partial charge < -0.3 is 9.73 Å². The van der Waals surface area contributed by atoms with Crippen LogP contribution in [0.1, 0.15) is 18.7 Å². The molecule has 116 valence electrons. The molecule has 1 aromatic carbocycles. The first-order valence-electron chi connectivity index (χ1n) is 6.48. The average molecular weight is 324 g/mol. The zero-order chi connectivity index (χ0) is 16.1. The van der Waals surface area contributed by atoms with Crippen molar-refractivity contribution in [2.45, 2.75) is 13.0 Å². The number of nitro benzene ring substituents is 1. The first-order chi connectivity index (χ1) is 10.5. The summed E-state index contributed by atoms with van der Waals surface area (Å²) >= 11 is 5.72. The summed E-state index contributed by atoms with van der Waals surface area (Å²) < 4.78 is 5.21. The van der Waals surface area contributed by atoms with Gasteiger partial charge in [-0.2, -0.15) is 0 Å². The fourth-order valence-corrected chi connectivity index (χ4v) is 2.01. The van der Waals surface area contributed by atoms with Gasteiger partial charge in [-0.15, -0.1) is 0 Å². The summed E-state index contributed by atoms with van der Waals surface area (Å²) in [5.41, 5.74) is -0.146. The second-order valence-electron chi connectivity index (χ2n) is 4.58. The van der Waals surface area contributed by atoms with Crippen LogP contribution in [-0.4, -0.2) is 17.4 Å². The van der Waals surface area contributed by atoms with E-state index in [1.807, 2.05) is 6.92 Å². The minimum atomic E-state index is -0.597. The molecule has 0 saturated carbocycles. The zero-order valence-electron chi connectivity index (χ0n) is 11.7. The number of hydrogen-bond donors (Lipinski definition) is 2. The summed E-state index contributed by atoms with van der Waals surface area (Å²) in [5.74, 6) is 0.300. The molecule has 7 nitrogen and oxygen atoms in total. The summed E-state index contributed by atoms with van der Waals surface area (Å²) in [5, 5.41) is 16.6. The van der Waals surface area contributed by atoms with E-state index in [9.17, 15) is 14.9 Å². The summed E-state index contributed by atoms with van der Waals surface area (Å²) in [6, 6.07) is 7.46. The molecule has 2 N–H and O–H groups in total. The normalized spacial score (nSPS) is 11.9. The lowest BCUT2D eigenvalue weighted by molar-refractivity contribution is -0.383. The van der Waals surface area contributed by atoms with Crippen LogP contribution in [0.4, 0.5) is 11.4 Å². The monoisotopic (exact) mass is 323 g/mol. The Balaban J connectivity index is 1.96. The summed E-state index contributed by atoms with van der Waals surface area (Å²) in [6.07, 6.45) is 1.55. The lowest BCUT2D eigenvalue weighted by Crippen LogP contribution is -2.30. The molecule has 0 radical (unpaired) electrons. The number of rotatable bonds is 6. The van der Waals surface area contributed by atoms with Crippen LogP contribution in [0, 0.1) is 10.1 Å². The number of nitrogens with zero attached hydrogens (tertiary/aromatic N) is 1. The minimum Gasteiger partial charge on any atom is -0.468 e. The molecule has 0 spiro atoms. The van der Waals surface area contributed by atoms with E-state index >= 15 is 0 Å². The zero-order valence-corrected chi connectivity index (χ0v) is 12.5. The molecule has 0 saturated heterocycles. The molecular formula is C14H14ClN3O4. The number of halogens is 1. The van der Waals surface area contributed by atoms with Gasteiger partial charge in [-0.3, -0.25) is 20.2 Å². The van der Waals surface area contributed by atoms with Crippen LogP contribution < -0.4 is 10.6 Å². The Labute approximate surface area is 131 Å². The highest BCUT2D eigenvalue weighted by Gasteiger charge is 2.17. The molecule has 2 rings (SSSR count). The number of amides is 1. The van der Waals surface area contributed by atoms with Gasteiger partial charge in [-0.1, -0.05) is 11.6 Å². The third-order valence-corrected chi connectivity index (χ3v) is 3.20. The van der Waals surface area contributed by atoms with Crippen LogP contribution in [0.25, 0.3) is 0 Å². The van der Waals surface area contributed by atoms with Crippen molar-refractivity contribution in [3.63, 3.8) is 0 Å². The highest BCUT2D eigenvalue weighted by molar-refractivity contribution is 6.31. The van der Waals surface area contributed by atoms with Gasteiger partial charge in [0.05, 0.1) is 23.8 Å². The van der Waals surface area contributed by atoms with Crippen molar-refractivity contribution in [2.75, 3.05) is 11.9 Å². The van der Waals surface area contributed by atoms with Crippen LogP contribution in [0.15, 0.2) is 41.0 Å². The lowest BCUT2D eigenvalue weighted by atomic mass is 10.2. The second-order valence-corrected chi connectivity index (χ2v) is 5.02. The molecule has 2 aromatic rings. The molecule has 22 heavy (non-hydrogen) atoms. The molecule has 0 fully saturated rings. The molecule has 1 atom stereocenters. The van der Waals surface area contributed by atoms with Crippen molar-refractivity contribution in [3.8, 4) is 0 Å². The van der Waals surface area contributed by atoms with Gasteiger partial charge in [0.25, 0.3) is 5.69 Å². The van der Waals surface area contributed by atoms with Crippen LogP contribution >= 0.6 is 11.6 Å². The van der Waals surface area contributed by atoms with Gasteiger partial charge >= 0.3 is 0 Å². The predicted molar refractivity (Wildman–Crippen MR) is 81.9 cm³/mol. The van der Waals surface area contributed by atoms with Crippen LogP contribution in [0.2, 0.25) is 5.02 Å². The average Bonchev–Trinajstić information content (AvgIpc) is 3.00. The third kappa shape index (κ3) is 4.06. The largest absolute Gasteiger partial charge is 0.468 e. The molecule has 0 bridgehead atoms. The Bertz CT molecular complexity index is 673. The third-order valence-electron chi connectivity index (χ3n) is 2.97. The van der Waals surface area contributed by atoms with Gasteiger partial charge in [-0.05, 0) is 31.2 Å². The first-order valence-corrected chi connectivity index (χ1v) is 6.85. The van der Waals surface area contributed by atoms with Gasteiger partial charge in [0.15, 0.2) is 0 Å². The van der Waals surface area contributed by atoms with Crippen molar-refractivity contribution < 1.29 is 14.1 Å². The predicted octanol–water partition coefficient (Wildman–Crippen LogP) is 3.13. The number of furan rings is 1. The first kappa shape index (κ1) is 16.0. The minimum absolute atomic E-state index is 0.0123. The smallest absolute Gasteiger partial charge is 0.294 e. The molecule has 1 amide bonds. The molecular weight excluding hydrogens is 310 g/mol. The maximum absolute atomic E-state index is 11.9. The van der Waals surface area contributed by atoms with Gasteiger partial charge in [0, 0.05) is 11.1 Å². The summed E-state index contributed by atoms with van der Waals surface area (Å²) in [7, 11) is 0. The Kier molecular flexibility index (Phi) is 5.13. The van der Waals surface area contributed by atoms with E-state index in [0.717, 1.165) is 0 Å². The van der Waals surface area contributed by atoms with Gasteiger partial charge in [0.2, 0.25) is 5.91 Å². The summed E-state index contributed by atoms with van der Waals surface area (Å²) in [6.45, 7) is 1.83. The molecule has 1 heterocycles. The number of carbonyl (C=O) groups is 1. The van der Waals surface area contributed by atoms with Gasteiger partial charge in [0.1, 0.15) is 11.4 Å². The lowest BCUT2D eigenvalue weighted by Gasteiger charge is -2.11. The van der Waals surface area contributed by atoms with E-state index in [4.69, 9.17) is 16.0 Å². The Hall–Kier alpha value is -2.38. The van der Waals surface area contributed by atoms with Crippen LogP contribution in [0.3, 0.4) is 0 Å². The van der Waals surface area contributed by atoms with Crippen molar-refractivity contribution in [1.82, 2.24) is 5.32 Å². The standard InChI is InChI=1S/C14H14ClN3O4/c1-9(13-3-2-6-22-13)16-8-14(19)17-11-5-4-10(15)7-12(11)18(20)21/h2-7,9,16H,8H2,1H3,(H,17,19)/t9-/m1/s1. The second kappa shape index (κ2) is 7.06. The van der Waals surface area contributed by atoms with E-state index in [1.165, 1.54) is 18.2 Å².